The van der Waals surface area contributed by atoms with Crippen LogP contribution in [0.25, 0.3) is 0 Å². The molecule has 0 amide bonds. The summed E-state index contributed by atoms with van der Waals surface area (Å²) in [5.41, 5.74) is 1.40. The van der Waals surface area contributed by atoms with Crippen LogP contribution in [0.5, 0.6) is 5.75 Å². The maximum atomic E-state index is 12.2. The van der Waals surface area contributed by atoms with Gasteiger partial charge < -0.3 is 4.74 Å². The van der Waals surface area contributed by atoms with E-state index in [2.05, 4.69) is 0 Å². The van der Waals surface area contributed by atoms with E-state index in [0.29, 0.717) is 27.8 Å². The third-order valence-corrected chi connectivity index (χ3v) is 3.32. The number of carbonyl (C=O) groups excluding carboxylic acids is 1. The van der Waals surface area contributed by atoms with E-state index in [0.717, 1.165) is 5.56 Å². The van der Waals surface area contributed by atoms with E-state index in [1.165, 1.54) is 0 Å². The maximum Gasteiger partial charge on any atom is 0.168 e. The van der Waals surface area contributed by atoms with Crippen molar-refractivity contribution < 1.29 is 9.53 Å². The number of halogens is 2. The third kappa shape index (κ3) is 3.49. The van der Waals surface area contributed by atoms with E-state index in [-0.39, 0.29) is 5.78 Å². The van der Waals surface area contributed by atoms with Gasteiger partial charge >= 0.3 is 0 Å². The van der Waals surface area contributed by atoms with Crippen LogP contribution in [0.2, 0.25) is 10.0 Å². The molecule has 19 heavy (non-hydrogen) atoms. The standard InChI is InChI=1S/C15H12Cl2O2/c1-19-12-6-7-13(14(17)9-12)15(18)8-10-2-4-11(16)5-3-10/h2-7,9H,8H2,1H3. The Morgan fingerprint density at radius 3 is 2.37 bits per heavy atom. The molecule has 0 N–H and O–H groups in total. The Bertz CT molecular complexity index is 592. The van der Waals surface area contributed by atoms with Gasteiger partial charge in [0.2, 0.25) is 0 Å². The van der Waals surface area contributed by atoms with E-state index in [4.69, 9.17) is 27.9 Å². The number of methoxy groups -OCH3 is 1. The van der Waals surface area contributed by atoms with Crippen molar-refractivity contribution in [3.63, 3.8) is 0 Å². The molecule has 0 heterocycles. The van der Waals surface area contributed by atoms with Crippen LogP contribution in [-0.4, -0.2) is 12.9 Å². The first-order valence-corrected chi connectivity index (χ1v) is 6.47. The average Bonchev–Trinajstić information content (AvgIpc) is 2.41. The van der Waals surface area contributed by atoms with Crippen molar-refractivity contribution in [1.29, 1.82) is 0 Å². The summed E-state index contributed by atoms with van der Waals surface area (Å²) in [7, 11) is 1.56. The van der Waals surface area contributed by atoms with Crippen molar-refractivity contribution in [1.82, 2.24) is 0 Å². The molecule has 98 valence electrons. The van der Waals surface area contributed by atoms with E-state index < -0.39 is 0 Å². The monoisotopic (exact) mass is 294 g/mol. The molecule has 0 aromatic heterocycles. The van der Waals surface area contributed by atoms with Gasteiger partial charge in [0.15, 0.2) is 5.78 Å². The lowest BCUT2D eigenvalue weighted by Crippen LogP contribution is -2.04. The van der Waals surface area contributed by atoms with Crippen LogP contribution in [0.4, 0.5) is 0 Å². The number of ether oxygens (including phenoxy) is 1. The zero-order valence-electron chi connectivity index (χ0n) is 10.3. The summed E-state index contributed by atoms with van der Waals surface area (Å²) in [4.78, 5) is 12.2. The molecule has 2 aromatic carbocycles. The van der Waals surface area contributed by atoms with Gasteiger partial charge in [-0.1, -0.05) is 35.3 Å². The minimum atomic E-state index is -0.0324. The largest absolute Gasteiger partial charge is 0.497 e. The molecule has 0 unspecified atom stereocenters. The highest BCUT2D eigenvalue weighted by Crippen LogP contribution is 2.24. The zero-order chi connectivity index (χ0) is 13.8. The topological polar surface area (TPSA) is 26.3 Å². The molecule has 0 bridgehead atoms. The second-order valence-corrected chi connectivity index (χ2v) is 4.92. The van der Waals surface area contributed by atoms with Gasteiger partial charge in [-0.15, -0.1) is 0 Å². The molecule has 0 spiro atoms. The Morgan fingerprint density at radius 2 is 1.79 bits per heavy atom. The lowest BCUT2D eigenvalue weighted by Gasteiger charge is -2.06. The summed E-state index contributed by atoms with van der Waals surface area (Å²) in [6.07, 6.45) is 0.295. The number of ketones is 1. The van der Waals surface area contributed by atoms with Crippen LogP contribution < -0.4 is 4.74 Å². The van der Waals surface area contributed by atoms with Gasteiger partial charge in [-0.05, 0) is 35.9 Å². The molecule has 2 nitrogen and oxygen atoms in total. The Kier molecular flexibility index (Phi) is 4.46. The highest BCUT2D eigenvalue weighted by atomic mass is 35.5. The van der Waals surface area contributed by atoms with Crippen LogP contribution in [0.3, 0.4) is 0 Å². The predicted octanol–water partition coefficient (Wildman–Crippen LogP) is 4.43. The molecular formula is C15H12Cl2O2. The quantitative estimate of drug-likeness (QED) is 0.780. The second kappa shape index (κ2) is 6.09. The number of rotatable bonds is 4. The summed E-state index contributed by atoms with van der Waals surface area (Å²) in [5.74, 6) is 0.600. The number of hydrogen-bond acceptors (Lipinski definition) is 2. The van der Waals surface area contributed by atoms with Crippen molar-refractivity contribution in [3.8, 4) is 5.75 Å². The van der Waals surface area contributed by atoms with Gasteiger partial charge in [0.25, 0.3) is 0 Å². The normalized spacial score (nSPS) is 10.3. The van der Waals surface area contributed by atoms with Gasteiger partial charge in [0.1, 0.15) is 5.75 Å². The summed E-state index contributed by atoms with van der Waals surface area (Å²) < 4.78 is 5.05. The molecule has 0 aliphatic heterocycles. The number of Topliss-reactive ketones (excluding diaryl/α,β-unsaturated/α-hetero) is 1. The van der Waals surface area contributed by atoms with E-state index >= 15 is 0 Å². The minimum Gasteiger partial charge on any atom is -0.497 e. The minimum absolute atomic E-state index is 0.0324. The fourth-order valence-electron chi connectivity index (χ4n) is 1.73. The summed E-state index contributed by atoms with van der Waals surface area (Å²) in [6.45, 7) is 0. The van der Waals surface area contributed by atoms with Gasteiger partial charge in [-0.3, -0.25) is 4.79 Å². The molecule has 2 aromatic rings. The summed E-state index contributed by atoms with van der Waals surface area (Å²) in [6, 6.07) is 12.2. The van der Waals surface area contributed by atoms with Gasteiger partial charge in [-0.2, -0.15) is 0 Å². The number of hydrogen-bond donors (Lipinski definition) is 0. The highest BCUT2D eigenvalue weighted by molar-refractivity contribution is 6.34. The van der Waals surface area contributed by atoms with Crippen LogP contribution in [0, 0.1) is 0 Å². The molecular weight excluding hydrogens is 283 g/mol. The lowest BCUT2D eigenvalue weighted by atomic mass is 10.0. The summed E-state index contributed by atoms with van der Waals surface area (Å²) in [5, 5.41) is 1.05. The van der Waals surface area contributed by atoms with Crippen molar-refractivity contribution >= 4 is 29.0 Å². The fourth-order valence-corrected chi connectivity index (χ4v) is 2.13. The summed E-state index contributed by atoms with van der Waals surface area (Å²) >= 11 is 11.9. The van der Waals surface area contributed by atoms with Crippen LogP contribution >= 0.6 is 23.2 Å². The first-order chi connectivity index (χ1) is 9.10. The van der Waals surface area contributed by atoms with Crippen molar-refractivity contribution in [3.05, 3.63) is 63.6 Å². The molecule has 0 aliphatic rings. The Balaban J connectivity index is 2.18. The van der Waals surface area contributed by atoms with E-state index in [9.17, 15) is 4.79 Å². The third-order valence-electron chi connectivity index (χ3n) is 2.75. The molecule has 0 fully saturated rings. The molecule has 0 saturated heterocycles. The average molecular weight is 295 g/mol. The Morgan fingerprint density at radius 1 is 1.11 bits per heavy atom. The van der Waals surface area contributed by atoms with Crippen molar-refractivity contribution in [2.75, 3.05) is 7.11 Å². The molecule has 0 atom stereocenters. The number of benzene rings is 2. The smallest absolute Gasteiger partial charge is 0.168 e. The fraction of sp³-hybridized carbons (Fsp3) is 0.133. The van der Waals surface area contributed by atoms with Crippen LogP contribution in [0.1, 0.15) is 15.9 Å². The molecule has 4 heteroatoms. The molecule has 0 radical (unpaired) electrons. The molecule has 2 rings (SSSR count). The van der Waals surface area contributed by atoms with Crippen molar-refractivity contribution in [2.45, 2.75) is 6.42 Å². The lowest BCUT2D eigenvalue weighted by molar-refractivity contribution is 0.0993. The van der Waals surface area contributed by atoms with Crippen LogP contribution in [0.15, 0.2) is 42.5 Å². The van der Waals surface area contributed by atoms with Gasteiger partial charge in [-0.25, -0.2) is 0 Å². The van der Waals surface area contributed by atoms with Crippen LogP contribution in [-0.2, 0) is 6.42 Å². The van der Waals surface area contributed by atoms with Crippen molar-refractivity contribution in [2.24, 2.45) is 0 Å². The maximum absolute atomic E-state index is 12.2. The van der Waals surface area contributed by atoms with E-state index in [1.54, 1.807) is 37.4 Å². The Labute approximate surface area is 121 Å². The SMILES string of the molecule is COc1ccc(C(=O)Cc2ccc(Cl)cc2)c(Cl)c1. The molecule has 0 aliphatic carbocycles. The Hall–Kier alpha value is -1.51. The first kappa shape index (κ1) is 13.9. The highest BCUT2D eigenvalue weighted by Gasteiger charge is 2.12. The van der Waals surface area contributed by atoms with E-state index in [1.807, 2.05) is 12.1 Å². The molecule has 0 saturated carbocycles. The van der Waals surface area contributed by atoms with Gasteiger partial charge in [0, 0.05) is 17.0 Å². The zero-order valence-corrected chi connectivity index (χ0v) is 11.8. The van der Waals surface area contributed by atoms with Gasteiger partial charge in [0.05, 0.1) is 12.1 Å². The predicted molar refractivity (Wildman–Crippen MR) is 77.5 cm³/mol. The second-order valence-electron chi connectivity index (χ2n) is 4.07. The number of carbonyl (C=O) groups is 1. The first-order valence-electron chi connectivity index (χ1n) is 5.71.